The van der Waals surface area contributed by atoms with Crippen LogP contribution in [0.4, 0.5) is 5.69 Å². The second-order valence-corrected chi connectivity index (χ2v) is 11.8. The first kappa shape index (κ1) is 30.2. The second kappa shape index (κ2) is 13.6. The van der Waals surface area contributed by atoms with Gasteiger partial charge in [0, 0.05) is 18.1 Å². The Balaban J connectivity index is 2.01. The molecule has 208 valence electrons. The Hall–Kier alpha value is -3.36. The highest BCUT2D eigenvalue weighted by Crippen LogP contribution is 2.31. The maximum absolute atomic E-state index is 13.9. The summed E-state index contributed by atoms with van der Waals surface area (Å²) in [5.74, 6) is -0.773. The van der Waals surface area contributed by atoms with Crippen molar-refractivity contribution in [3.8, 4) is 0 Å². The van der Waals surface area contributed by atoms with Crippen LogP contribution in [0.15, 0.2) is 77.7 Å². The van der Waals surface area contributed by atoms with Crippen LogP contribution in [0.3, 0.4) is 0 Å². The number of sulfonamides is 1. The van der Waals surface area contributed by atoms with Crippen molar-refractivity contribution in [2.45, 2.75) is 51.5 Å². The molecule has 1 atom stereocenters. The number of amides is 2. The number of rotatable bonds is 12. The van der Waals surface area contributed by atoms with Crippen molar-refractivity contribution in [3.63, 3.8) is 0 Å². The number of benzene rings is 3. The van der Waals surface area contributed by atoms with Crippen molar-refractivity contribution >= 4 is 39.1 Å². The Kier molecular flexibility index (Phi) is 10.5. The highest BCUT2D eigenvalue weighted by molar-refractivity contribution is 7.92. The number of aryl methyl sites for hydroxylation is 1. The summed E-state index contributed by atoms with van der Waals surface area (Å²) in [4.78, 5) is 28.3. The SMILES string of the molecule is CCCNC(=O)[C@@H](C)N(CCc1ccccc1)C(=O)CN(c1cccc(Cl)c1C)S(=O)(=O)c1ccc(C)cc1. The third-order valence-corrected chi connectivity index (χ3v) is 8.78. The molecular weight excluding hydrogens is 534 g/mol. The molecule has 9 heteroatoms. The van der Waals surface area contributed by atoms with Crippen LogP contribution in [0.1, 0.15) is 37.0 Å². The van der Waals surface area contributed by atoms with Crippen LogP contribution >= 0.6 is 11.6 Å². The molecule has 0 aliphatic heterocycles. The molecule has 0 heterocycles. The number of hydrogen-bond donors (Lipinski definition) is 1. The van der Waals surface area contributed by atoms with Gasteiger partial charge in [-0.15, -0.1) is 0 Å². The van der Waals surface area contributed by atoms with Gasteiger partial charge in [-0.3, -0.25) is 13.9 Å². The Morgan fingerprint density at radius 3 is 2.26 bits per heavy atom. The van der Waals surface area contributed by atoms with Gasteiger partial charge in [-0.25, -0.2) is 8.42 Å². The lowest BCUT2D eigenvalue weighted by molar-refractivity contribution is -0.138. The summed E-state index contributed by atoms with van der Waals surface area (Å²) in [5, 5.41) is 3.23. The Morgan fingerprint density at radius 2 is 1.62 bits per heavy atom. The van der Waals surface area contributed by atoms with Gasteiger partial charge in [0.25, 0.3) is 10.0 Å². The lowest BCUT2D eigenvalue weighted by atomic mass is 10.1. The van der Waals surface area contributed by atoms with Crippen LogP contribution in [-0.2, 0) is 26.0 Å². The fourth-order valence-corrected chi connectivity index (χ4v) is 5.82. The molecule has 0 aliphatic carbocycles. The van der Waals surface area contributed by atoms with Crippen LogP contribution in [0.5, 0.6) is 0 Å². The van der Waals surface area contributed by atoms with E-state index in [1.807, 2.05) is 44.2 Å². The quantitative estimate of drug-likeness (QED) is 0.327. The van der Waals surface area contributed by atoms with Gasteiger partial charge in [-0.1, -0.05) is 72.6 Å². The molecule has 1 N–H and O–H groups in total. The van der Waals surface area contributed by atoms with Crippen LogP contribution in [0.2, 0.25) is 5.02 Å². The first-order chi connectivity index (χ1) is 18.6. The molecule has 39 heavy (non-hydrogen) atoms. The van der Waals surface area contributed by atoms with E-state index in [-0.39, 0.29) is 17.3 Å². The largest absolute Gasteiger partial charge is 0.354 e. The molecule has 0 aromatic heterocycles. The second-order valence-electron chi connectivity index (χ2n) is 9.50. The van der Waals surface area contributed by atoms with Crippen molar-refractivity contribution in [2.75, 3.05) is 23.9 Å². The van der Waals surface area contributed by atoms with Crippen molar-refractivity contribution in [1.29, 1.82) is 0 Å². The summed E-state index contributed by atoms with van der Waals surface area (Å²) >= 11 is 6.36. The highest BCUT2D eigenvalue weighted by atomic mass is 35.5. The zero-order valence-corrected chi connectivity index (χ0v) is 24.4. The van der Waals surface area contributed by atoms with Gasteiger partial charge >= 0.3 is 0 Å². The van der Waals surface area contributed by atoms with Gasteiger partial charge in [0.2, 0.25) is 11.8 Å². The molecule has 3 rings (SSSR count). The van der Waals surface area contributed by atoms with E-state index in [1.54, 1.807) is 44.2 Å². The summed E-state index contributed by atoms with van der Waals surface area (Å²) < 4.78 is 28.9. The summed E-state index contributed by atoms with van der Waals surface area (Å²) in [6.45, 7) is 7.44. The summed E-state index contributed by atoms with van der Waals surface area (Å²) in [5.41, 5.74) is 2.76. The molecule has 2 amide bonds. The molecule has 0 spiro atoms. The zero-order chi connectivity index (χ0) is 28.6. The number of nitrogens with one attached hydrogen (secondary N) is 1. The first-order valence-corrected chi connectivity index (χ1v) is 14.8. The Bertz CT molecular complexity index is 1380. The van der Waals surface area contributed by atoms with Gasteiger partial charge in [0.05, 0.1) is 10.6 Å². The predicted molar refractivity (Wildman–Crippen MR) is 157 cm³/mol. The third kappa shape index (κ3) is 7.61. The van der Waals surface area contributed by atoms with E-state index in [9.17, 15) is 18.0 Å². The van der Waals surface area contributed by atoms with E-state index in [0.717, 1.165) is 21.9 Å². The fourth-order valence-electron chi connectivity index (χ4n) is 4.18. The first-order valence-electron chi connectivity index (χ1n) is 13.0. The summed E-state index contributed by atoms with van der Waals surface area (Å²) in [6, 6.07) is 20.3. The van der Waals surface area contributed by atoms with E-state index in [4.69, 9.17) is 11.6 Å². The van der Waals surface area contributed by atoms with E-state index in [0.29, 0.717) is 29.2 Å². The average molecular weight is 570 g/mol. The monoisotopic (exact) mass is 569 g/mol. The minimum atomic E-state index is -4.14. The molecule has 0 saturated heterocycles. The van der Waals surface area contributed by atoms with Gasteiger partial charge < -0.3 is 10.2 Å². The van der Waals surface area contributed by atoms with E-state index in [2.05, 4.69) is 5.32 Å². The molecular formula is C30H36ClN3O4S. The number of halogens is 1. The number of carbonyl (C=O) groups excluding carboxylic acids is 2. The Labute approximate surface area is 236 Å². The normalized spacial score (nSPS) is 12.0. The van der Waals surface area contributed by atoms with Crippen LogP contribution in [0, 0.1) is 13.8 Å². The summed E-state index contributed by atoms with van der Waals surface area (Å²) in [7, 11) is -4.14. The molecule has 3 aromatic carbocycles. The number of hydrogen-bond acceptors (Lipinski definition) is 4. The van der Waals surface area contributed by atoms with Gasteiger partial charge in [-0.2, -0.15) is 0 Å². The Morgan fingerprint density at radius 1 is 0.949 bits per heavy atom. The smallest absolute Gasteiger partial charge is 0.264 e. The minimum Gasteiger partial charge on any atom is -0.354 e. The maximum atomic E-state index is 13.9. The maximum Gasteiger partial charge on any atom is 0.264 e. The van der Waals surface area contributed by atoms with Gasteiger partial charge in [0.1, 0.15) is 12.6 Å². The fraction of sp³-hybridized carbons (Fsp3) is 0.333. The molecule has 3 aromatic rings. The van der Waals surface area contributed by atoms with Crippen molar-refractivity contribution in [1.82, 2.24) is 10.2 Å². The number of carbonyl (C=O) groups is 2. The third-order valence-electron chi connectivity index (χ3n) is 6.60. The predicted octanol–water partition coefficient (Wildman–Crippen LogP) is 5.14. The van der Waals surface area contributed by atoms with Crippen molar-refractivity contribution in [2.24, 2.45) is 0 Å². The number of anilines is 1. The lowest BCUT2D eigenvalue weighted by Gasteiger charge is -2.32. The number of nitrogens with zero attached hydrogens (tertiary/aromatic N) is 2. The molecule has 0 fully saturated rings. The van der Waals surface area contributed by atoms with Crippen LogP contribution in [-0.4, -0.2) is 50.8 Å². The van der Waals surface area contributed by atoms with E-state index in [1.165, 1.54) is 17.0 Å². The molecule has 0 radical (unpaired) electrons. The van der Waals surface area contributed by atoms with Crippen LogP contribution in [0.25, 0.3) is 0 Å². The molecule has 0 saturated carbocycles. The lowest BCUT2D eigenvalue weighted by Crippen LogP contribution is -2.52. The van der Waals surface area contributed by atoms with E-state index >= 15 is 0 Å². The molecule has 0 unspecified atom stereocenters. The highest BCUT2D eigenvalue weighted by Gasteiger charge is 2.33. The molecule has 0 aliphatic rings. The standard InChI is InChI=1S/C30H36ClN3O4S/c1-5-19-32-30(36)24(4)33(20-18-25-10-7-6-8-11-25)29(35)21-34(28-13-9-12-27(31)23(28)3)39(37,38)26-16-14-22(2)15-17-26/h6-17,24H,5,18-21H2,1-4H3,(H,32,36)/t24-/m1/s1. The zero-order valence-electron chi connectivity index (χ0n) is 22.9. The molecule has 0 bridgehead atoms. The van der Waals surface area contributed by atoms with Gasteiger partial charge in [-0.05, 0) is 69.0 Å². The topological polar surface area (TPSA) is 86.8 Å². The molecule has 7 nitrogen and oxygen atoms in total. The van der Waals surface area contributed by atoms with Crippen LogP contribution < -0.4 is 9.62 Å². The van der Waals surface area contributed by atoms with E-state index < -0.39 is 28.5 Å². The van der Waals surface area contributed by atoms with Crippen molar-refractivity contribution in [3.05, 3.63) is 94.5 Å². The van der Waals surface area contributed by atoms with Crippen molar-refractivity contribution < 1.29 is 18.0 Å². The summed E-state index contributed by atoms with van der Waals surface area (Å²) in [6.07, 6.45) is 1.27. The minimum absolute atomic E-state index is 0.0600. The average Bonchev–Trinajstić information content (AvgIpc) is 2.92. The van der Waals surface area contributed by atoms with Gasteiger partial charge in [0.15, 0.2) is 0 Å².